The minimum Gasteiger partial charge on any atom is -0.404 e. The maximum Gasteiger partial charge on any atom is 0.422 e. The van der Waals surface area contributed by atoms with Gasteiger partial charge in [-0.05, 0) is 30.2 Å². The van der Waals surface area contributed by atoms with Crippen molar-refractivity contribution in [2.24, 2.45) is 0 Å². The molecule has 0 N–H and O–H groups in total. The predicted molar refractivity (Wildman–Crippen MR) is 78.2 cm³/mol. The van der Waals surface area contributed by atoms with Crippen LogP contribution in [0.4, 0.5) is 4.79 Å². The van der Waals surface area contributed by atoms with Gasteiger partial charge in [0.05, 0.1) is 5.52 Å². The summed E-state index contributed by atoms with van der Waals surface area (Å²) in [6.45, 7) is 2.26. The number of nitrogens with zero attached hydrogens (tertiary/aromatic N) is 2. The molecule has 106 valence electrons. The number of aromatic nitrogens is 1. The van der Waals surface area contributed by atoms with Gasteiger partial charge in [0.25, 0.3) is 5.91 Å². The number of hydrogen-bond donors (Lipinski definition) is 0. The molecule has 3 rings (SSSR count). The molecule has 5 heteroatoms. The van der Waals surface area contributed by atoms with Crippen LogP contribution in [-0.4, -0.2) is 28.4 Å². The van der Waals surface area contributed by atoms with E-state index in [2.05, 4.69) is 4.98 Å². The second-order valence-corrected chi connectivity index (χ2v) is 4.79. The van der Waals surface area contributed by atoms with E-state index in [4.69, 9.17) is 4.74 Å². The zero-order chi connectivity index (χ0) is 14.8. The highest BCUT2D eigenvalue weighted by molar-refractivity contribution is 6.10. The van der Waals surface area contributed by atoms with Gasteiger partial charge in [0.15, 0.2) is 5.76 Å². The molecule has 2 amide bonds. The van der Waals surface area contributed by atoms with Gasteiger partial charge in [-0.3, -0.25) is 9.78 Å². The van der Waals surface area contributed by atoms with Crippen molar-refractivity contribution in [2.75, 3.05) is 6.54 Å². The van der Waals surface area contributed by atoms with Crippen LogP contribution in [-0.2, 0) is 9.53 Å². The van der Waals surface area contributed by atoms with E-state index in [1.54, 1.807) is 12.3 Å². The van der Waals surface area contributed by atoms with E-state index in [-0.39, 0.29) is 5.76 Å². The van der Waals surface area contributed by atoms with E-state index in [0.717, 1.165) is 21.4 Å². The quantitative estimate of drug-likeness (QED) is 0.812. The summed E-state index contributed by atoms with van der Waals surface area (Å²) in [5.41, 5.74) is 1.60. The summed E-state index contributed by atoms with van der Waals surface area (Å²) in [6.07, 6.45) is 3.29. The van der Waals surface area contributed by atoms with E-state index in [1.165, 1.54) is 0 Å². The van der Waals surface area contributed by atoms with E-state index < -0.39 is 12.0 Å². The fourth-order valence-electron chi connectivity index (χ4n) is 2.23. The number of para-hydroxylation sites is 1. The average molecular weight is 282 g/mol. The molecule has 0 aliphatic carbocycles. The molecule has 2 heterocycles. The first-order valence-corrected chi connectivity index (χ1v) is 6.79. The molecule has 0 atom stereocenters. The van der Waals surface area contributed by atoms with Crippen LogP contribution in [0.5, 0.6) is 0 Å². The second-order valence-electron chi connectivity index (χ2n) is 4.79. The van der Waals surface area contributed by atoms with Crippen LogP contribution in [0, 0.1) is 0 Å². The van der Waals surface area contributed by atoms with Gasteiger partial charge in [0, 0.05) is 18.1 Å². The van der Waals surface area contributed by atoms with Gasteiger partial charge in [-0.2, -0.15) is 0 Å². The lowest BCUT2D eigenvalue weighted by atomic mass is 10.1. The maximum atomic E-state index is 12.1. The molecule has 0 bridgehead atoms. The first kappa shape index (κ1) is 13.3. The van der Waals surface area contributed by atoms with E-state index in [1.807, 2.05) is 37.3 Å². The molecule has 1 aromatic heterocycles. The normalized spacial score (nSPS) is 16.8. The molecule has 21 heavy (non-hydrogen) atoms. The molecule has 1 aromatic carbocycles. The van der Waals surface area contributed by atoms with Gasteiger partial charge in [-0.25, -0.2) is 9.69 Å². The number of cyclic esters (lactones) is 1. The standard InChI is InChI=1S/C16H14N2O3/c1-2-7-18-15(19)14(21-16(18)20)9-11-8-12-5-3-4-6-13(12)17-10-11/h3-6,8-10H,2,7H2,1H3/b14-9+. The topological polar surface area (TPSA) is 59.5 Å². The zero-order valence-electron chi connectivity index (χ0n) is 11.6. The number of pyridine rings is 1. The second kappa shape index (κ2) is 5.36. The molecular formula is C16H14N2O3. The predicted octanol–water partition coefficient (Wildman–Crippen LogP) is 2.96. The van der Waals surface area contributed by atoms with Crippen LogP contribution >= 0.6 is 0 Å². The molecule has 1 aliphatic rings. The summed E-state index contributed by atoms with van der Waals surface area (Å²) < 4.78 is 5.03. The summed E-state index contributed by atoms with van der Waals surface area (Å²) in [7, 11) is 0. The lowest BCUT2D eigenvalue weighted by molar-refractivity contribution is -0.123. The summed E-state index contributed by atoms with van der Waals surface area (Å²) >= 11 is 0. The van der Waals surface area contributed by atoms with Crippen molar-refractivity contribution in [1.29, 1.82) is 0 Å². The van der Waals surface area contributed by atoms with Gasteiger partial charge in [0.2, 0.25) is 0 Å². The van der Waals surface area contributed by atoms with Gasteiger partial charge < -0.3 is 4.74 Å². The number of carbonyl (C=O) groups excluding carboxylic acids is 2. The Morgan fingerprint density at radius 1 is 1.29 bits per heavy atom. The Kier molecular flexibility index (Phi) is 3.39. The third-order valence-corrected chi connectivity index (χ3v) is 3.23. The Bertz CT molecular complexity index is 752. The fraction of sp³-hybridized carbons (Fsp3) is 0.188. The summed E-state index contributed by atoms with van der Waals surface area (Å²) in [4.78, 5) is 29.1. The van der Waals surface area contributed by atoms with Crippen molar-refractivity contribution in [1.82, 2.24) is 9.88 Å². The number of ether oxygens (including phenoxy) is 1. The Morgan fingerprint density at radius 3 is 2.90 bits per heavy atom. The number of amides is 2. The van der Waals surface area contributed by atoms with Crippen LogP contribution in [0.15, 0.2) is 42.3 Å². The highest BCUT2D eigenvalue weighted by Gasteiger charge is 2.35. The molecule has 1 aliphatic heterocycles. The lowest BCUT2D eigenvalue weighted by Gasteiger charge is -2.06. The van der Waals surface area contributed by atoms with Crippen molar-refractivity contribution in [3.05, 3.63) is 47.9 Å². The van der Waals surface area contributed by atoms with E-state index in [0.29, 0.717) is 13.0 Å². The molecular weight excluding hydrogens is 268 g/mol. The van der Waals surface area contributed by atoms with Crippen molar-refractivity contribution in [2.45, 2.75) is 13.3 Å². The van der Waals surface area contributed by atoms with Crippen LogP contribution < -0.4 is 0 Å². The number of hydrogen-bond acceptors (Lipinski definition) is 4. The molecule has 2 aromatic rings. The number of fused-ring (bicyclic) bond motifs is 1. The third-order valence-electron chi connectivity index (χ3n) is 3.23. The van der Waals surface area contributed by atoms with Gasteiger partial charge in [-0.15, -0.1) is 0 Å². The van der Waals surface area contributed by atoms with Crippen molar-refractivity contribution in [3.63, 3.8) is 0 Å². The number of carbonyl (C=O) groups is 2. The Balaban J connectivity index is 1.93. The highest BCUT2D eigenvalue weighted by Crippen LogP contribution is 2.21. The minimum atomic E-state index is -0.609. The van der Waals surface area contributed by atoms with Crippen molar-refractivity contribution in [3.8, 4) is 0 Å². The Labute approximate surface area is 121 Å². The fourth-order valence-corrected chi connectivity index (χ4v) is 2.23. The zero-order valence-corrected chi connectivity index (χ0v) is 11.6. The highest BCUT2D eigenvalue weighted by atomic mass is 16.6. The SMILES string of the molecule is CCCN1C(=O)O/C(=C/c2cnc3ccccc3c2)C1=O. The van der Waals surface area contributed by atoms with Crippen LogP contribution in [0.1, 0.15) is 18.9 Å². The van der Waals surface area contributed by atoms with Crippen LogP contribution in [0.3, 0.4) is 0 Å². The average Bonchev–Trinajstić information content (AvgIpc) is 2.75. The van der Waals surface area contributed by atoms with Crippen molar-refractivity contribution >= 4 is 29.0 Å². The monoisotopic (exact) mass is 282 g/mol. The van der Waals surface area contributed by atoms with Gasteiger partial charge in [0.1, 0.15) is 0 Å². The summed E-state index contributed by atoms with van der Waals surface area (Å²) in [5.74, 6) is -0.347. The maximum absolute atomic E-state index is 12.1. The minimum absolute atomic E-state index is 0.0468. The lowest BCUT2D eigenvalue weighted by Crippen LogP contribution is -2.29. The van der Waals surface area contributed by atoms with E-state index >= 15 is 0 Å². The summed E-state index contributed by atoms with van der Waals surface area (Å²) in [5, 5.41) is 0.967. The smallest absolute Gasteiger partial charge is 0.404 e. The number of benzene rings is 1. The molecule has 0 unspecified atom stereocenters. The number of imide groups is 1. The van der Waals surface area contributed by atoms with E-state index in [9.17, 15) is 9.59 Å². The van der Waals surface area contributed by atoms with Gasteiger partial charge >= 0.3 is 6.09 Å². The Morgan fingerprint density at radius 2 is 2.10 bits per heavy atom. The van der Waals surface area contributed by atoms with Crippen LogP contribution in [0.25, 0.3) is 17.0 Å². The van der Waals surface area contributed by atoms with Crippen LogP contribution in [0.2, 0.25) is 0 Å². The molecule has 0 radical (unpaired) electrons. The van der Waals surface area contributed by atoms with Gasteiger partial charge in [-0.1, -0.05) is 25.1 Å². The summed E-state index contributed by atoms with van der Waals surface area (Å²) in [6, 6.07) is 9.59. The number of rotatable bonds is 3. The first-order valence-electron chi connectivity index (χ1n) is 6.79. The third kappa shape index (κ3) is 2.50. The largest absolute Gasteiger partial charge is 0.422 e. The van der Waals surface area contributed by atoms with Crippen molar-refractivity contribution < 1.29 is 14.3 Å². The molecule has 1 fully saturated rings. The molecule has 0 saturated carbocycles. The molecule has 1 saturated heterocycles. The first-order chi connectivity index (χ1) is 10.2. The molecule has 5 nitrogen and oxygen atoms in total. The Hall–Kier alpha value is -2.69. The molecule has 0 spiro atoms.